The van der Waals surface area contributed by atoms with E-state index in [2.05, 4.69) is 244 Å². The van der Waals surface area contributed by atoms with Crippen LogP contribution in [0.2, 0.25) is 0 Å². The van der Waals surface area contributed by atoms with Crippen molar-refractivity contribution in [2.45, 2.75) is 6.92 Å². The second kappa shape index (κ2) is 15.7. The van der Waals surface area contributed by atoms with E-state index in [4.69, 9.17) is 0 Å². The van der Waals surface area contributed by atoms with Gasteiger partial charge in [0, 0.05) is 30.8 Å². The van der Waals surface area contributed by atoms with E-state index in [1.807, 2.05) is 0 Å². The van der Waals surface area contributed by atoms with E-state index < -0.39 is 7.26 Å². The first-order valence-corrected chi connectivity index (χ1v) is 23.9. The molecule has 10 rings (SSSR count). The lowest BCUT2D eigenvalue weighted by Gasteiger charge is -2.33. The third-order valence-electron chi connectivity index (χ3n) is 12.3. The molecule has 2 unspecified atom stereocenters. The minimum atomic E-state index is -2.43. The first-order chi connectivity index (χ1) is 29.3. The minimum Gasteiger partial charge on any atom is -0.341 e. The highest BCUT2D eigenvalue weighted by Crippen LogP contribution is 2.57. The van der Waals surface area contributed by atoms with Gasteiger partial charge in [0.2, 0.25) is 0 Å². The highest BCUT2D eigenvalue weighted by molar-refractivity contribution is 7.95. The van der Waals surface area contributed by atoms with Gasteiger partial charge in [-0.15, -0.1) is 0 Å². The van der Waals surface area contributed by atoms with Crippen molar-refractivity contribution in [3.63, 3.8) is 0 Å². The Labute approximate surface area is 355 Å². The van der Waals surface area contributed by atoms with Gasteiger partial charge in [0.15, 0.2) is 0 Å². The average Bonchev–Trinajstić information content (AvgIpc) is 3.30. The number of benzene rings is 10. The molecular formula is C56H47N2P2+. The van der Waals surface area contributed by atoms with E-state index in [0.717, 1.165) is 0 Å². The lowest BCUT2D eigenvalue weighted by Crippen LogP contribution is -2.36. The molecule has 0 bridgehead atoms. The SMILES string of the molecule is Cc1cc2ccccc2cc1N(C)c1cc2ccccc2cc1[P+](C)(c1ccccc1)c1cc2ccccc2cc1N(C)c1cc2ccccc2cc1Pc1ccccc1. The molecule has 0 heterocycles. The number of hydrogen-bond donors (Lipinski definition) is 0. The van der Waals surface area contributed by atoms with Gasteiger partial charge in [-0.05, 0) is 122 Å². The maximum Gasteiger partial charge on any atom is 0.128 e. The molecule has 290 valence electrons. The Kier molecular flexibility index (Phi) is 9.93. The standard InChI is InChI=1S/C56H47N2P2/c1-39-31-40-19-11-12-20-41(40)32-50(39)57(2)52-34-43-22-14-17-25-46(43)37-55(52)60(4,49-29-9-6-10-30-49)56-38-47-26-18-15-23-44(47)35-53(56)58(3)51-33-42-21-13-16-24-45(42)36-54(51)59-48-27-7-5-8-28-48/h5-38,59H,1-4H3/q+1. The summed E-state index contributed by atoms with van der Waals surface area (Å²) in [6.07, 6.45) is 0. The van der Waals surface area contributed by atoms with Gasteiger partial charge in [0.25, 0.3) is 0 Å². The molecule has 2 nitrogen and oxygen atoms in total. The number of aryl methyl sites for hydroxylation is 1. The molecule has 0 amide bonds. The van der Waals surface area contributed by atoms with Crippen LogP contribution in [0.15, 0.2) is 206 Å². The van der Waals surface area contributed by atoms with Crippen LogP contribution in [-0.2, 0) is 0 Å². The van der Waals surface area contributed by atoms with Crippen LogP contribution < -0.4 is 36.3 Å². The molecule has 0 saturated heterocycles. The van der Waals surface area contributed by atoms with Crippen LogP contribution in [0.25, 0.3) is 43.1 Å². The molecule has 4 heteroatoms. The summed E-state index contributed by atoms with van der Waals surface area (Å²) in [7, 11) is 2.63. The molecule has 0 aliphatic carbocycles. The Morgan fingerprint density at radius 1 is 0.367 bits per heavy atom. The predicted octanol–water partition coefficient (Wildman–Crippen LogP) is 12.7. The van der Waals surface area contributed by atoms with E-state index in [1.54, 1.807) is 0 Å². The van der Waals surface area contributed by atoms with Crippen molar-refractivity contribution in [3.05, 3.63) is 212 Å². The van der Waals surface area contributed by atoms with Crippen molar-refractivity contribution in [1.82, 2.24) is 0 Å². The van der Waals surface area contributed by atoms with Crippen LogP contribution in [0.1, 0.15) is 5.56 Å². The lowest BCUT2D eigenvalue weighted by molar-refractivity contribution is 1.20. The van der Waals surface area contributed by atoms with Crippen molar-refractivity contribution in [3.8, 4) is 0 Å². The van der Waals surface area contributed by atoms with Gasteiger partial charge >= 0.3 is 0 Å². The quantitative estimate of drug-likeness (QED) is 0.134. The summed E-state index contributed by atoms with van der Waals surface area (Å²) in [6, 6.07) is 76.9. The summed E-state index contributed by atoms with van der Waals surface area (Å²) in [6.45, 7) is 4.81. The zero-order valence-corrected chi connectivity index (χ0v) is 36.4. The second-order valence-electron chi connectivity index (χ2n) is 16.0. The van der Waals surface area contributed by atoms with Crippen molar-refractivity contribution >= 4 is 108 Å². The normalized spacial score (nSPS) is 12.7. The summed E-state index contributed by atoms with van der Waals surface area (Å²) in [5.74, 6) is 0. The molecular weight excluding hydrogens is 763 g/mol. The van der Waals surface area contributed by atoms with E-state index in [9.17, 15) is 0 Å². The molecule has 2 atom stereocenters. The summed E-state index contributed by atoms with van der Waals surface area (Å²) in [5.41, 5.74) is 6.15. The Balaban J connectivity index is 1.26. The van der Waals surface area contributed by atoms with Crippen molar-refractivity contribution in [2.75, 3.05) is 30.6 Å². The van der Waals surface area contributed by atoms with Crippen LogP contribution >= 0.6 is 15.8 Å². The second-order valence-corrected chi connectivity index (χ2v) is 20.9. The van der Waals surface area contributed by atoms with Crippen molar-refractivity contribution in [2.24, 2.45) is 0 Å². The van der Waals surface area contributed by atoms with E-state index in [1.165, 1.54) is 97.9 Å². The molecule has 0 radical (unpaired) electrons. The first-order valence-electron chi connectivity index (χ1n) is 20.7. The van der Waals surface area contributed by atoms with Gasteiger partial charge < -0.3 is 9.80 Å². The fourth-order valence-corrected chi connectivity index (χ4v) is 14.1. The smallest absolute Gasteiger partial charge is 0.128 e. The Morgan fingerprint density at radius 2 is 0.717 bits per heavy atom. The van der Waals surface area contributed by atoms with Gasteiger partial charge in [-0.3, -0.25) is 0 Å². The molecule has 0 aliphatic rings. The van der Waals surface area contributed by atoms with Crippen LogP contribution in [-0.4, -0.2) is 20.8 Å². The highest BCUT2D eigenvalue weighted by atomic mass is 31.2. The summed E-state index contributed by atoms with van der Waals surface area (Å²) in [4.78, 5) is 4.95. The molecule has 0 fully saturated rings. The molecule has 0 saturated carbocycles. The third-order valence-corrected chi connectivity index (χ3v) is 17.6. The lowest BCUT2D eigenvalue weighted by atomic mass is 10.0. The molecule has 0 spiro atoms. The summed E-state index contributed by atoms with van der Waals surface area (Å²) >= 11 is 0. The average molecular weight is 810 g/mol. The number of hydrogen-bond acceptors (Lipinski definition) is 2. The zero-order valence-electron chi connectivity index (χ0n) is 34.5. The highest BCUT2D eigenvalue weighted by Gasteiger charge is 2.46. The van der Waals surface area contributed by atoms with Crippen molar-refractivity contribution in [1.29, 1.82) is 0 Å². The van der Waals surface area contributed by atoms with Crippen LogP contribution in [0.5, 0.6) is 0 Å². The Hall–Kier alpha value is -6.30. The van der Waals surface area contributed by atoms with Gasteiger partial charge in [0.05, 0.1) is 18.0 Å². The summed E-state index contributed by atoms with van der Waals surface area (Å²) < 4.78 is 0. The molecule has 0 aliphatic heterocycles. The number of fused-ring (bicyclic) bond motifs is 4. The number of nitrogens with zero attached hydrogens (tertiary/aromatic N) is 2. The molecule has 0 N–H and O–H groups in total. The molecule has 10 aromatic carbocycles. The van der Waals surface area contributed by atoms with E-state index >= 15 is 0 Å². The molecule has 60 heavy (non-hydrogen) atoms. The maximum absolute atomic E-state index is 2.56. The van der Waals surface area contributed by atoms with Gasteiger partial charge in [0.1, 0.15) is 23.2 Å². The molecule has 10 aromatic rings. The first kappa shape index (κ1) is 37.9. The zero-order chi connectivity index (χ0) is 40.8. The van der Waals surface area contributed by atoms with Gasteiger partial charge in [-0.25, -0.2) is 0 Å². The largest absolute Gasteiger partial charge is 0.341 e. The fraction of sp³-hybridized carbons (Fsp3) is 0.0714. The minimum absolute atomic E-state index is 0.507. The van der Waals surface area contributed by atoms with Crippen LogP contribution in [0, 0.1) is 6.92 Å². The van der Waals surface area contributed by atoms with Gasteiger partial charge in [-0.1, -0.05) is 154 Å². The van der Waals surface area contributed by atoms with Crippen molar-refractivity contribution < 1.29 is 0 Å². The third kappa shape index (κ3) is 6.81. The Morgan fingerprint density at radius 3 is 1.20 bits per heavy atom. The molecule has 0 aromatic heterocycles. The fourth-order valence-electron chi connectivity index (χ4n) is 9.07. The maximum atomic E-state index is 2.56. The van der Waals surface area contributed by atoms with E-state index in [-0.39, 0.29) is 0 Å². The topological polar surface area (TPSA) is 6.48 Å². The van der Waals surface area contributed by atoms with Crippen LogP contribution in [0.4, 0.5) is 22.7 Å². The number of anilines is 4. The predicted molar refractivity (Wildman–Crippen MR) is 269 cm³/mol. The monoisotopic (exact) mass is 809 g/mol. The van der Waals surface area contributed by atoms with E-state index in [0.29, 0.717) is 8.58 Å². The van der Waals surface area contributed by atoms with Gasteiger partial charge in [-0.2, -0.15) is 0 Å². The summed E-state index contributed by atoms with van der Waals surface area (Å²) in [5, 5.41) is 16.7. The van der Waals surface area contributed by atoms with Crippen LogP contribution in [0.3, 0.4) is 0 Å². The Bertz CT molecular complexity index is 3200. The number of rotatable bonds is 9.